The van der Waals surface area contributed by atoms with Crippen molar-refractivity contribution >= 4 is 35.3 Å². The molecule has 1 fully saturated rings. The molecule has 30 heavy (non-hydrogen) atoms. The molecule has 0 N–H and O–H groups in total. The van der Waals surface area contributed by atoms with Gasteiger partial charge in [0.2, 0.25) is 11.9 Å². The predicted octanol–water partition coefficient (Wildman–Crippen LogP) is 2.38. The Morgan fingerprint density at radius 2 is 2.13 bits per heavy atom. The lowest BCUT2D eigenvalue weighted by atomic mass is 10.1. The van der Waals surface area contributed by atoms with Crippen molar-refractivity contribution in [3.8, 4) is 0 Å². The number of rotatable bonds is 4. The van der Waals surface area contributed by atoms with Gasteiger partial charge in [-0.1, -0.05) is 28.7 Å². The van der Waals surface area contributed by atoms with E-state index >= 15 is 0 Å². The van der Waals surface area contributed by atoms with Crippen LogP contribution in [0.2, 0.25) is 5.02 Å². The van der Waals surface area contributed by atoms with Crippen LogP contribution < -0.4 is 0 Å². The zero-order valence-electron chi connectivity index (χ0n) is 16.5. The molecule has 0 spiro atoms. The number of furan rings is 1. The van der Waals surface area contributed by atoms with Crippen molar-refractivity contribution in [2.24, 2.45) is 4.99 Å². The number of nitrogens with zero attached hydrogens (tertiary/aromatic N) is 5. The number of imide groups is 1. The summed E-state index contributed by atoms with van der Waals surface area (Å²) in [5.74, 6) is 1.77. The van der Waals surface area contributed by atoms with Crippen molar-refractivity contribution in [1.82, 2.24) is 14.7 Å². The zero-order valence-corrected chi connectivity index (χ0v) is 17.2. The van der Waals surface area contributed by atoms with Gasteiger partial charge in [0.25, 0.3) is 5.91 Å². The molecule has 8 nitrogen and oxygen atoms in total. The number of hydrogen-bond acceptors (Lipinski definition) is 5. The lowest BCUT2D eigenvalue weighted by Gasteiger charge is -2.35. The topological polar surface area (TPSA) is 72.4 Å². The van der Waals surface area contributed by atoms with Crippen molar-refractivity contribution in [2.45, 2.75) is 25.6 Å². The highest BCUT2D eigenvalue weighted by Gasteiger charge is 2.56. The van der Waals surface area contributed by atoms with Crippen LogP contribution >= 0.6 is 11.6 Å². The summed E-state index contributed by atoms with van der Waals surface area (Å²) in [5.41, 5.74) is 0.804. The first-order chi connectivity index (χ1) is 14.5. The summed E-state index contributed by atoms with van der Waals surface area (Å²) in [6.07, 6.45) is 2.54. The lowest BCUT2D eigenvalue weighted by Crippen LogP contribution is -2.64. The van der Waals surface area contributed by atoms with E-state index in [0.29, 0.717) is 23.9 Å². The number of benzene rings is 1. The molecule has 9 heteroatoms. The Morgan fingerprint density at radius 3 is 2.90 bits per heavy atom. The van der Waals surface area contributed by atoms with Crippen LogP contribution in [0, 0.1) is 0 Å². The van der Waals surface area contributed by atoms with Gasteiger partial charge in [0, 0.05) is 18.5 Å². The molecule has 3 aliphatic heterocycles. The molecular formula is C21H21ClN5O3+. The number of halogens is 1. The number of guanidine groups is 1. The third kappa shape index (κ3) is 3.08. The Hall–Kier alpha value is -3.13. The summed E-state index contributed by atoms with van der Waals surface area (Å²) < 4.78 is 7.58. The smallest absolute Gasteiger partial charge is 0.392 e. The highest BCUT2D eigenvalue weighted by molar-refractivity contribution is 6.30. The van der Waals surface area contributed by atoms with Gasteiger partial charge in [-0.2, -0.15) is 0 Å². The Kier molecular flexibility index (Phi) is 4.58. The van der Waals surface area contributed by atoms with Crippen LogP contribution in [-0.4, -0.2) is 69.2 Å². The van der Waals surface area contributed by atoms with Crippen LogP contribution in [0.15, 0.2) is 52.1 Å². The number of fused-ring (bicyclic) bond motifs is 3. The Morgan fingerprint density at radius 1 is 1.27 bits per heavy atom. The van der Waals surface area contributed by atoms with Gasteiger partial charge in [0.05, 0.1) is 25.9 Å². The van der Waals surface area contributed by atoms with Crippen LogP contribution in [0.5, 0.6) is 0 Å². The van der Waals surface area contributed by atoms with Crippen LogP contribution in [0.25, 0.3) is 0 Å². The van der Waals surface area contributed by atoms with Gasteiger partial charge >= 0.3 is 12.0 Å². The van der Waals surface area contributed by atoms with Crippen LogP contribution in [0.1, 0.15) is 17.7 Å². The standard InChI is InChI=1S/C21H21ClN5O3/c1-24-18-17(19(28)27(21(24)29)12-14-5-2-6-15(22)11-14)26-9-4-8-25(20(26)23-18)13-16-7-3-10-30-16/h2-3,5-7,10-11,17H,4,8-9,12-13H2,1H3/q+1. The molecule has 5 rings (SSSR count). The molecule has 1 aromatic heterocycles. The summed E-state index contributed by atoms with van der Waals surface area (Å²) in [4.78, 5) is 35.8. The van der Waals surface area contributed by atoms with Crippen LogP contribution in [0.4, 0.5) is 4.79 Å². The molecular weight excluding hydrogens is 406 g/mol. The number of hydrogen-bond donors (Lipinski definition) is 0. The van der Waals surface area contributed by atoms with E-state index in [4.69, 9.17) is 21.0 Å². The molecule has 3 aliphatic rings. The maximum absolute atomic E-state index is 13.4. The minimum atomic E-state index is -0.596. The van der Waals surface area contributed by atoms with E-state index in [1.807, 2.05) is 29.2 Å². The molecule has 0 aliphatic carbocycles. The minimum absolute atomic E-state index is 0.172. The fraction of sp³-hybridized carbons (Fsp3) is 0.333. The van der Waals surface area contributed by atoms with Crippen molar-refractivity contribution in [1.29, 1.82) is 0 Å². The number of carbonyl (C=O) groups excluding carboxylic acids is 2. The largest absolute Gasteiger partial charge is 0.466 e. The predicted molar refractivity (Wildman–Crippen MR) is 110 cm³/mol. The normalized spacial score (nSPS) is 21.2. The van der Waals surface area contributed by atoms with Gasteiger partial charge in [-0.15, -0.1) is 0 Å². The quantitative estimate of drug-likeness (QED) is 0.704. The van der Waals surface area contributed by atoms with Gasteiger partial charge in [-0.25, -0.2) is 9.69 Å². The Labute approximate surface area is 178 Å². The van der Waals surface area contributed by atoms with Crippen LogP contribution in [-0.2, 0) is 17.9 Å². The maximum atomic E-state index is 13.4. The molecule has 3 amide bonds. The zero-order chi connectivity index (χ0) is 20.8. The van der Waals surface area contributed by atoms with Gasteiger partial charge in [0.15, 0.2) is 0 Å². The van der Waals surface area contributed by atoms with Crippen LogP contribution in [0.3, 0.4) is 0 Å². The molecule has 4 heterocycles. The molecule has 2 aromatic rings. The summed E-state index contributed by atoms with van der Waals surface area (Å²) in [6, 6.07) is 9.99. The van der Waals surface area contributed by atoms with E-state index in [-0.39, 0.29) is 18.5 Å². The summed E-state index contributed by atoms with van der Waals surface area (Å²) in [6.45, 7) is 2.26. The second kappa shape index (κ2) is 7.28. The van der Waals surface area contributed by atoms with Crippen molar-refractivity contribution in [2.75, 3.05) is 20.1 Å². The van der Waals surface area contributed by atoms with Gasteiger partial charge in [-0.05, 0) is 29.8 Å². The van der Waals surface area contributed by atoms with Gasteiger partial charge in [0.1, 0.15) is 12.3 Å². The number of amides is 3. The number of aliphatic imine (C=N–C) groups is 1. The average Bonchev–Trinajstić information content (AvgIpc) is 3.38. The third-order valence-electron chi connectivity index (χ3n) is 5.66. The number of amidine groups is 1. The molecule has 1 atom stereocenters. The Bertz CT molecular complexity index is 1080. The first-order valence-corrected chi connectivity index (χ1v) is 10.2. The number of urea groups is 1. The lowest BCUT2D eigenvalue weighted by molar-refractivity contribution is -0.556. The number of likely N-dealkylation sites (N-methyl/N-ethyl adjacent to an activating group) is 1. The van der Waals surface area contributed by atoms with Crippen molar-refractivity contribution in [3.63, 3.8) is 0 Å². The van der Waals surface area contributed by atoms with E-state index in [0.717, 1.165) is 30.2 Å². The minimum Gasteiger partial charge on any atom is -0.466 e. The van der Waals surface area contributed by atoms with E-state index < -0.39 is 6.04 Å². The SMILES string of the molecule is CN1C(=O)N(Cc2cccc(Cl)c2)C(=O)C2C1=NC1=[N+](Cc3ccco3)CCCN12. The molecule has 0 radical (unpaired) electrons. The third-order valence-corrected chi connectivity index (χ3v) is 5.89. The van der Waals surface area contributed by atoms with Crippen molar-refractivity contribution in [3.05, 3.63) is 59.0 Å². The fourth-order valence-corrected chi connectivity index (χ4v) is 4.44. The van der Waals surface area contributed by atoms with E-state index in [2.05, 4.69) is 4.58 Å². The molecule has 1 aromatic carbocycles. The summed E-state index contributed by atoms with van der Waals surface area (Å²) >= 11 is 6.08. The van der Waals surface area contributed by atoms with Crippen molar-refractivity contribution < 1.29 is 18.6 Å². The fourth-order valence-electron chi connectivity index (χ4n) is 4.22. The summed E-state index contributed by atoms with van der Waals surface area (Å²) in [5, 5.41) is 0.570. The second-order valence-corrected chi connectivity index (χ2v) is 8.05. The first kappa shape index (κ1) is 18.9. The van der Waals surface area contributed by atoms with E-state index in [9.17, 15) is 9.59 Å². The monoisotopic (exact) mass is 426 g/mol. The molecule has 0 saturated carbocycles. The second-order valence-electron chi connectivity index (χ2n) is 7.62. The summed E-state index contributed by atoms with van der Waals surface area (Å²) in [7, 11) is 1.67. The highest BCUT2D eigenvalue weighted by atomic mass is 35.5. The maximum Gasteiger partial charge on any atom is 0.392 e. The first-order valence-electron chi connectivity index (χ1n) is 9.86. The Balaban J connectivity index is 1.47. The average molecular weight is 427 g/mol. The highest BCUT2D eigenvalue weighted by Crippen LogP contribution is 2.27. The van der Waals surface area contributed by atoms with Gasteiger partial charge in [-0.3, -0.25) is 19.2 Å². The van der Waals surface area contributed by atoms with Gasteiger partial charge < -0.3 is 4.42 Å². The van der Waals surface area contributed by atoms with E-state index in [1.165, 1.54) is 9.80 Å². The molecule has 1 unspecified atom stereocenters. The molecule has 154 valence electrons. The number of carbonyl (C=O) groups is 2. The molecule has 0 bridgehead atoms. The van der Waals surface area contributed by atoms with E-state index in [1.54, 1.807) is 25.4 Å². The molecule has 1 saturated heterocycles.